The Morgan fingerprint density at radius 1 is 0.893 bits per heavy atom. The third-order valence-electron chi connectivity index (χ3n) is 3.97. The minimum atomic E-state index is -3.67. The third-order valence-corrected chi connectivity index (χ3v) is 5.43. The van der Waals surface area contributed by atoms with E-state index in [1.807, 2.05) is 24.3 Å². The highest BCUT2D eigenvalue weighted by molar-refractivity contribution is 7.89. The summed E-state index contributed by atoms with van der Waals surface area (Å²) in [6.45, 7) is 0.878. The van der Waals surface area contributed by atoms with E-state index in [0.29, 0.717) is 19.0 Å². The number of nitrogens with zero attached hydrogens (tertiary/aromatic N) is 2. The second kappa shape index (κ2) is 9.25. The molecule has 0 saturated heterocycles. The van der Waals surface area contributed by atoms with E-state index in [9.17, 15) is 13.2 Å². The van der Waals surface area contributed by atoms with Gasteiger partial charge in [-0.15, -0.1) is 0 Å². The number of hydrogen-bond acceptors (Lipinski definition) is 6. The van der Waals surface area contributed by atoms with Gasteiger partial charge >= 0.3 is 0 Å². The zero-order valence-corrected chi connectivity index (χ0v) is 15.9. The largest absolute Gasteiger partial charge is 0.354 e. The lowest BCUT2D eigenvalue weighted by atomic mass is 10.1. The SMILES string of the molecule is O=C(CCNS(=O)(=O)c1ccc2ccccc2c1)NCCNc1ncccn1. The summed E-state index contributed by atoms with van der Waals surface area (Å²) in [5, 5.41) is 7.49. The smallest absolute Gasteiger partial charge is 0.240 e. The lowest BCUT2D eigenvalue weighted by molar-refractivity contribution is -0.120. The van der Waals surface area contributed by atoms with Crippen molar-refractivity contribution in [2.75, 3.05) is 25.0 Å². The molecule has 1 aromatic heterocycles. The van der Waals surface area contributed by atoms with Crippen LogP contribution in [-0.2, 0) is 14.8 Å². The number of amides is 1. The third kappa shape index (κ3) is 5.48. The molecule has 3 N–H and O–H groups in total. The number of hydrogen-bond donors (Lipinski definition) is 3. The fourth-order valence-electron chi connectivity index (χ4n) is 2.57. The monoisotopic (exact) mass is 399 g/mol. The van der Waals surface area contributed by atoms with Crippen LogP contribution in [0, 0.1) is 0 Å². The molecule has 0 aliphatic rings. The van der Waals surface area contributed by atoms with Crippen molar-refractivity contribution in [2.45, 2.75) is 11.3 Å². The predicted molar refractivity (Wildman–Crippen MR) is 107 cm³/mol. The molecular weight excluding hydrogens is 378 g/mol. The lowest BCUT2D eigenvalue weighted by Crippen LogP contribution is -2.33. The molecule has 0 fully saturated rings. The van der Waals surface area contributed by atoms with Crippen LogP contribution < -0.4 is 15.4 Å². The Kier molecular flexibility index (Phi) is 6.51. The molecule has 1 amide bonds. The van der Waals surface area contributed by atoms with Crippen molar-refractivity contribution in [1.29, 1.82) is 0 Å². The molecule has 28 heavy (non-hydrogen) atoms. The number of anilines is 1. The Bertz CT molecular complexity index is 1040. The van der Waals surface area contributed by atoms with Crippen LogP contribution in [0.2, 0.25) is 0 Å². The van der Waals surface area contributed by atoms with Gasteiger partial charge in [0.25, 0.3) is 0 Å². The molecule has 0 unspecified atom stereocenters. The maximum absolute atomic E-state index is 12.4. The van der Waals surface area contributed by atoms with E-state index >= 15 is 0 Å². The Balaban J connectivity index is 1.42. The fraction of sp³-hybridized carbons (Fsp3) is 0.211. The van der Waals surface area contributed by atoms with Crippen molar-refractivity contribution in [3.05, 3.63) is 60.9 Å². The first-order valence-electron chi connectivity index (χ1n) is 8.81. The van der Waals surface area contributed by atoms with E-state index in [2.05, 4.69) is 25.3 Å². The Morgan fingerprint density at radius 2 is 1.64 bits per heavy atom. The van der Waals surface area contributed by atoms with Crippen LogP contribution in [0.15, 0.2) is 65.8 Å². The summed E-state index contributed by atoms with van der Waals surface area (Å²) in [5.74, 6) is 0.247. The number of sulfonamides is 1. The topological polar surface area (TPSA) is 113 Å². The molecule has 146 valence electrons. The first-order valence-corrected chi connectivity index (χ1v) is 10.3. The normalized spacial score (nSPS) is 11.3. The van der Waals surface area contributed by atoms with Gasteiger partial charge in [0.15, 0.2) is 0 Å². The highest BCUT2D eigenvalue weighted by atomic mass is 32.2. The van der Waals surface area contributed by atoms with Gasteiger partial charge in [0.2, 0.25) is 21.9 Å². The van der Waals surface area contributed by atoms with E-state index in [4.69, 9.17) is 0 Å². The van der Waals surface area contributed by atoms with Crippen LogP contribution in [0.4, 0.5) is 5.95 Å². The average Bonchev–Trinajstić information content (AvgIpc) is 2.71. The Morgan fingerprint density at radius 3 is 2.43 bits per heavy atom. The van der Waals surface area contributed by atoms with Gasteiger partial charge in [-0.05, 0) is 29.0 Å². The molecule has 9 heteroatoms. The summed E-state index contributed by atoms with van der Waals surface area (Å²) < 4.78 is 27.3. The van der Waals surface area contributed by atoms with Gasteiger partial charge in [0.05, 0.1) is 4.90 Å². The zero-order chi connectivity index (χ0) is 19.8. The Hall–Kier alpha value is -3.04. The highest BCUT2D eigenvalue weighted by Crippen LogP contribution is 2.18. The first-order chi connectivity index (χ1) is 13.5. The molecule has 0 atom stereocenters. The summed E-state index contributed by atoms with van der Waals surface area (Å²) in [4.78, 5) is 20.0. The molecule has 3 rings (SSSR count). The van der Waals surface area contributed by atoms with Crippen molar-refractivity contribution >= 4 is 32.7 Å². The quantitative estimate of drug-likeness (QED) is 0.470. The minimum absolute atomic E-state index is 0.0240. The lowest BCUT2D eigenvalue weighted by Gasteiger charge is -2.09. The van der Waals surface area contributed by atoms with Crippen molar-refractivity contribution in [2.24, 2.45) is 0 Å². The molecule has 2 aromatic carbocycles. The summed E-state index contributed by atoms with van der Waals surface area (Å²) in [7, 11) is -3.67. The molecule has 1 heterocycles. The maximum atomic E-state index is 12.4. The Labute approximate surface area is 163 Å². The number of rotatable bonds is 9. The second-order valence-electron chi connectivity index (χ2n) is 6.01. The number of nitrogens with one attached hydrogen (secondary N) is 3. The van der Waals surface area contributed by atoms with Crippen LogP contribution in [-0.4, -0.2) is 43.9 Å². The van der Waals surface area contributed by atoms with Crippen molar-refractivity contribution in [3.8, 4) is 0 Å². The van der Waals surface area contributed by atoms with E-state index in [1.165, 1.54) is 0 Å². The van der Waals surface area contributed by atoms with E-state index in [-0.39, 0.29) is 23.8 Å². The van der Waals surface area contributed by atoms with Gasteiger partial charge in [0, 0.05) is 38.4 Å². The zero-order valence-electron chi connectivity index (χ0n) is 15.1. The molecule has 0 spiro atoms. The molecule has 3 aromatic rings. The number of fused-ring (bicyclic) bond motifs is 1. The molecule has 0 aliphatic carbocycles. The molecular formula is C19H21N5O3S. The van der Waals surface area contributed by atoms with Gasteiger partial charge in [-0.3, -0.25) is 4.79 Å². The van der Waals surface area contributed by atoms with E-state index < -0.39 is 10.0 Å². The van der Waals surface area contributed by atoms with Crippen LogP contribution in [0.3, 0.4) is 0 Å². The van der Waals surface area contributed by atoms with Gasteiger partial charge < -0.3 is 10.6 Å². The fourth-order valence-corrected chi connectivity index (χ4v) is 3.64. The standard InChI is InChI=1S/C19H21N5O3S/c25-18(20-12-13-23-19-21-9-3-10-22-19)8-11-24-28(26,27)17-7-6-15-4-1-2-5-16(15)14-17/h1-7,9-10,14,24H,8,11-13H2,(H,20,25)(H,21,22,23). The number of carbonyl (C=O) groups is 1. The van der Waals surface area contributed by atoms with Gasteiger partial charge in [-0.1, -0.05) is 30.3 Å². The predicted octanol–water partition coefficient (Wildman–Crippen LogP) is 1.53. The van der Waals surface area contributed by atoms with Gasteiger partial charge in [-0.25, -0.2) is 23.1 Å². The number of carbonyl (C=O) groups excluding carboxylic acids is 1. The summed E-state index contributed by atoms with van der Waals surface area (Å²) >= 11 is 0. The molecule has 0 saturated carbocycles. The summed E-state index contributed by atoms with van der Waals surface area (Å²) in [6, 6.07) is 14.2. The highest BCUT2D eigenvalue weighted by Gasteiger charge is 2.14. The average molecular weight is 399 g/mol. The summed E-state index contributed by atoms with van der Waals surface area (Å²) in [6.07, 6.45) is 3.29. The minimum Gasteiger partial charge on any atom is -0.354 e. The van der Waals surface area contributed by atoms with Crippen molar-refractivity contribution in [3.63, 3.8) is 0 Å². The first kappa shape index (κ1) is 19.7. The van der Waals surface area contributed by atoms with Gasteiger partial charge in [0.1, 0.15) is 0 Å². The van der Waals surface area contributed by atoms with Crippen molar-refractivity contribution < 1.29 is 13.2 Å². The van der Waals surface area contributed by atoms with Crippen LogP contribution in [0.25, 0.3) is 10.8 Å². The van der Waals surface area contributed by atoms with Crippen LogP contribution in [0.1, 0.15) is 6.42 Å². The van der Waals surface area contributed by atoms with Gasteiger partial charge in [-0.2, -0.15) is 0 Å². The molecule has 0 bridgehead atoms. The number of aromatic nitrogens is 2. The molecule has 0 aliphatic heterocycles. The van der Waals surface area contributed by atoms with Crippen LogP contribution >= 0.6 is 0 Å². The van der Waals surface area contributed by atoms with E-state index in [1.54, 1.807) is 36.7 Å². The maximum Gasteiger partial charge on any atom is 0.240 e. The van der Waals surface area contributed by atoms with Crippen molar-refractivity contribution in [1.82, 2.24) is 20.0 Å². The van der Waals surface area contributed by atoms with E-state index in [0.717, 1.165) is 10.8 Å². The molecule has 8 nitrogen and oxygen atoms in total. The molecule has 0 radical (unpaired) electrons. The summed E-state index contributed by atoms with van der Waals surface area (Å²) in [5.41, 5.74) is 0. The second-order valence-corrected chi connectivity index (χ2v) is 7.77. The van der Waals surface area contributed by atoms with Crippen LogP contribution in [0.5, 0.6) is 0 Å². The number of benzene rings is 2.